The molecule has 8 heteroatoms. The van der Waals surface area contributed by atoms with Crippen molar-refractivity contribution in [2.45, 2.75) is 19.3 Å². The lowest BCUT2D eigenvalue weighted by Crippen LogP contribution is -2.34. The van der Waals surface area contributed by atoms with E-state index in [9.17, 15) is 14.4 Å². The van der Waals surface area contributed by atoms with Crippen LogP contribution in [-0.4, -0.2) is 40.3 Å². The molecule has 0 aliphatic rings. The Labute approximate surface area is 172 Å². The van der Waals surface area contributed by atoms with E-state index in [0.29, 0.717) is 40.3 Å². The number of anilines is 1. The number of hydrogen-bond donors (Lipinski definition) is 2. The molecule has 2 aromatic carbocycles. The van der Waals surface area contributed by atoms with Crippen molar-refractivity contribution >= 4 is 40.0 Å². The second-order valence-electron chi connectivity index (χ2n) is 6.69. The van der Waals surface area contributed by atoms with Gasteiger partial charge in [0.15, 0.2) is 0 Å². The number of rotatable bonds is 7. The van der Waals surface area contributed by atoms with Gasteiger partial charge in [-0.1, -0.05) is 29.8 Å². The van der Waals surface area contributed by atoms with Crippen LogP contribution in [0.1, 0.15) is 18.7 Å². The standard InChI is InChI=1S/C21H21ClN4O3/c1-26(13-19(27)23-15-7-4-6-14(22)12-15)20(28)11-5-10-18-24-17-9-3-2-8-16(17)21(29)25-18/h2-4,6-9,12H,5,10-11,13H2,1H3,(H,23,27)(H,24,25,29). The second-order valence-corrected chi connectivity index (χ2v) is 7.13. The molecule has 0 unspecified atom stereocenters. The smallest absolute Gasteiger partial charge is 0.258 e. The van der Waals surface area contributed by atoms with Gasteiger partial charge in [-0.15, -0.1) is 0 Å². The zero-order valence-electron chi connectivity index (χ0n) is 15.9. The number of carbonyl (C=O) groups is 2. The Balaban J connectivity index is 1.49. The van der Waals surface area contributed by atoms with Crippen LogP contribution in [-0.2, 0) is 16.0 Å². The fraction of sp³-hybridized carbons (Fsp3) is 0.238. The Morgan fingerprint density at radius 2 is 1.97 bits per heavy atom. The summed E-state index contributed by atoms with van der Waals surface area (Å²) in [6, 6.07) is 13.9. The van der Waals surface area contributed by atoms with Crippen LogP contribution in [0, 0.1) is 0 Å². The molecular formula is C21H21ClN4O3. The van der Waals surface area contributed by atoms with Gasteiger partial charge in [-0.2, -0.15) is 0 Å². The summed E-state index contributed by atoms with van der Waals surface area (Å²) in [6.45, 7) is -0.0591. The first-order chi connectivity index (χ1) is 13.9. The predicted molar refractivity (Wildman–Crippen MR) is 113 cm³/mol. The van der Waals surface area contributed by atoms with Crippen molar-refractivity contribution in [2.75, 3.05) is 18.9 Å². The molecule has 0 aliphatic heterocycles. The molecule has 29 heavy (non-hydrogen) atoms. The summed E-state index contributed by atoms with van der Waals surface area (Å²) in [4.78, 5) is 45.0. The van der Waals surface area contributed by atoms with Crippen LogP contribution in [0.25, 0.3) is 10.9 Å². The Bertz CT molecular complexity index is 1100. The summed E-state index contributed by atoms with van der Waals surface area (Å²) in [5, 5.41) is 3.77. The molecule has 0 atom stereocenters. The van der Waals surface area contributed by atoms with Gasteiger partial charge in [-0.25, -0.2) is 4.98 Å². The number of aromatic nitrogens is 2. The van der Waals surface area contributed by atoms with E-state index in [-0.39, 0.29) is 30.3 Å². The zero-order chi connectivity index (χ0) is 20.8. The first-order valence-corrected chi connectivity index (χ1v) is 9.57. The maximum absolute atomic E-state index is 12.3. The summed E-state index contributed by atoms with van der Waals surface area (Å²) < 4.78 is 0. The van der Waals surface area contributed by atoms with Gasteiger partial charge in [0.25, 0.3) is 5.56 Å². The number of H-pyrrole nitrogens is 1. The Morgan fingerprint density at radius 3 is 2.76 bits per heavy atom. The number of hydrogen-bond acceptors (Lipinski definition) is 4. The highest BCUT2D eigenvalue weighted by molar-refractivity contribution is 6.30. The Kier molecular flexibility index (Phi) is 6.61. The minimum Gasteiger partial charge on any atom is -0.336 e. The number of aryl methyl sites for hydroxylation is 1. The maximum atomic E-state index is 12.3. The summed E-state index contributed by atoms with van der Waals surface area (Å²) in [5.74, 6) is 0.0841. The molecular weight excluding hydrogens is 392 g/mol. The number of likely N-dealkylation sites (N-methyl/N-ethyl adjacent to an activating group) is 1. The molecule has 0 bridgehead atoms. The van der Waals surface area contributed by atoms with Crippen molar-refractivity contribution in [3.63, 3.8) is 0 Å². The van der Waals surface area contributed by atoms with Gasteiger partial charge in [-0.05, 0) is 36.8 Å². The van der Waals surface area contributed by atoms with Gasteiger partial charge in [0.1, 0.15) is 5.82 Å². The number of aromatic amines is 1. The first-order valence-electron chi connectivity index (χ1n) is 9.19. The van der Waals surface area contributed by atoms with Crippen molar-refractivity contribution < 1.29 is 9.59 Å². The third-order valence-electron chi connectivity index (χ3n) is 4.38. The molecule has 2 N–H and O–H groups in total. The summed E-state index contributed by atoms with van der Waals surface area (Å²) in [6.07, 6.45) is 1.23. The molecule has 0 spiro atoms. The fourth-order valence-electron chi connectivity index (χ4n) is 2.92. The van der Waals surface area contributed by atoms with Crippen LogP contribution in [0.4, 0.5) is 5.69 Å². The monoisotopic (exact) mass is 412 g/mol. The molecule has 0 saturated heterocycles. The van der Waals surface area contributed by atoms with Crippen molar-refractivity contribution in [1.82, 2.24) is 14.9 Å². The lowest BCUT2D eigenvalue weighted by Gasteiger charge is -2.17. The number of benzene rings is 2. The van der Waals surface area contributed by atoms with Gasteiger partial charge < -0.3 is 15.2 Å². The molecule has 0 saturated carbocycles. The largest absolute Gasteiger partial charge is 0.336 e. The van der Waals surface area contributed by atoms with E-state index in [1.165, 1.54) is 4.90 Å². The van der Waals surface area contributed by atoms with Crippen molar-refractivity contribution in [1.29, 1.82) is 0 Å². The van der Waals surface area contributed by atoms with E-state index >= 15 is 0 Å². The average molecular weight is 413 g/mol. The van der Waals surface area contributed by atoms with E-state index in [4.69, 9.17) is 11.6 Å². The average Bonchev–Trinajstić information content (AvgIpc) is 2.68. The maximum Gasteiger partial charge on any atom is 0.258 e. The van der Waals surface area contributed by atoms with Crippen LogP contribution in [0.5, 0.6) is 0 Å². The molecule has 0 fully saturated rings. The van der Waals surface area contributed by atoms with E-state index in [2.05, 4.69) is 15.3 Å². The summed E-state index contributed by atoms with van der Waals surface area (Å²) in [7, 11) is 1.58. The van der Waals surface area contributed by atoms with Crippen LogP contribution < -0.4 is 10.9 Å². The van der Waals surface area contributed by atoms with Crippen molar-refractivity contribution in [2.24, 2.45) is 0 Å². The first kappa shape index (κ1) is 20.5. The quantitative estimate of drug-likeness (QED) is 0.623. The molecule has 1 aromatic heterocycles. The van der Waals surface area contributed by atoms with Crippen LogP contribution in [0.15, 0.2) is 53.3 Å². The number of halogens is 1. The minimum atomic E-state index is -0.302. The Morgan fingerprint density at radius 1 is 1.17 bits per heavy atom. The molecule has 3 rings (SSSR count). The van der Waals surface area contributed by atoms with Gasteiger partial charge >= 0.3 is 0 Å². The highest BCUT2D eigenvalue weighted by Gasteiger charge is 2.13. The Hall–Kier alpha value is -3.19. The molecule has 0 aliphatic carbocycles. The lowest BCUT2D eigenvalue weighted by atomic mass is 10.2. The van der Waals surface area contributed by atoms with Gasteiger partial charge in [0.05, 0.1) is 17.4 Å². The molecule has 0 radical (unpaired) electrons. The van der Waals surface area contributed by atoms with E-state index in [1.807, 2.05) is 6.07 Å². The molecule has 3 aromatic rings. The zero-order valence-corrected chi connectivity index (χ0v) is 16.7. The number of fused-ring (bicyclic) bond motifs is 1. The van der Waals surface area contributed by atoms with E-state index in [1.54, 1.807) is 49.5 Å². The number of para-hydroxylation sites is 1. The molecule has 2 amide bonds. The topological polar surface area (TPSA) is 95.2 Å². The molecule has 150 valence electrons. The number of carbonyl (C=O) groups excluding carboxylic acids is 2. The second kappa shape index (κ2) is 9.34. The normalized spacial score (nSPS) is 10.7. The number of nitrogens with zero attached hydrogens (tertiary/aromatic N) is 2. The van der Waals surface area contributed by atoms with Crippen LogP contribution in [0.3, 0.4) is 0 Å². The van der Waals surface area contributed by atoms with Gasteiger partial charge in [0.2, 0.25) is 11.8 Å². The van der Waals surface area contributed by atoms with E-state index in [0.717, 1.165) is 0 Å². The highest BCUT2D eigenvalue weighted by atomic mass is 35.5. The molecule has 7 nitrogen and oxygen atoms in total. The van der Waals surface area contributed by atoms with Crippen LogP contribution >= 0.6 is 11.6 Å². The van der Waals surface area contributed by atoms with Crippen LogP contribution in [0.2, 0.25) is 5.02 Å². The van der Waals surface area contributed by atoms with Crippen molar-refractivity contribution in [3.05, 3.63) is 69.7 Å². The minimum absolute atomic E-state index is 0.0591. The lowest BCUT2D eigenvalue weighted by molar-refractivity contribution is -0.133. The SMILES string of the molecule is CN(CC(=O)Nc1cccc(Cl)c1)C(=O)CCCc1nc2ccccc2c(=O)[nH]1. The van der Waals surface area contributed by atoms with Crippen molar-refractivity contribution in [3.8, 4) is 0 Å². The van der Waals surface area contributed by atoms with Gasteiger partial charge in [-0.3, -0.25) is 14.4 Å². The third-order valence-corrected chi connectivity index (χ3v) is 4.62. The highest BCUT2D eigenvalue weighted by Crippen LogP contribution is 2.15. The summed E-state index contributed by atoms with van der Waals surface area (Å²) >= 11 is 5.89. The number of nitrogens with one attached hydrogen (secondary N) is 2. The predicted octanol–water partition coefficient (Wildman–Crippen LogP) is 3.00. The third kappa shape index (κ3) is 5.65. The van der Waals surface area contributed by atoms with E-state index < -0.39 is 0 Å². The molecule has 1 heterocycles. The fourth-order valence-corrected chi connectivity index (χ4v) is 3.11. The number of amides is 2. The summed E-state index contributed by atoms with van der Waals surface area (Å²) in [5.41, 5.74) is 1.02. The van der Waals surface area contributed by atoms with Gasteiger partial charge in [0, 0.05) is 30.6 Å².